The number of rotatable bonds is 3. The van der Waals surface area contributed by atoms with Gasteiger partial charge in [-0.25, -0.2) is 0 Å². The summed E-state index contributed by atoms with van der Waals surface area (Å²) in [6.45, 7) is 6.61. The normalized spacial score (nSPS) is 10.8. The van der Waals surface area contributed by atoms with Crippen LogP contribution in [-0.2, 0) is 0 Å². The molecule has 2 N–H and O–H groups in total. The third-order valence-corrected chi connectivity index (χ3v) is 3.48. The Kier molecular flexibility index (Phi) is 3.79. The number of para-hydroxylation sites is 1. The third kappa shape index (κ3) is 2.73. The summed E-state index contributed by atoms with van der Waals surface area (Å²) in [5.74, 6) is 0.499. The highest BCUT2D eigenvalue weighted by molar-refractivity contribution is 5.71. The minimum atomic E-state index is 0.499. The Bertz CT molecular complexity index is 573. The van der Waals surface area contributed by atoms with Crippen LogP contribution in [-0.4, -0.2) is 7.05 Å². The minimum Gasteiger partial charge on any atom is -0.399 e. The van der Waals surface area contributed by atoms with Crippen LogP contribution in [0, 0.1) is 6.92 Å². The first-order valence-corrected chi connectivity index (χ1v) is 6.69. The first-order valence-electron chi connectivity index (χ1n) is 6.69. The molecule has 2 aromatic rings. The van der Waals surface area contributed by atoms with Gasteiger partial charge in [-0.2, -0.15) is 0 Å². The molecule has 2 aromatic carbocycles. The van der Waals surface area contributed by atoms with Gasteiger partial charge in [0.2, 0.25) is 0 Å². The number of nitrogens with two attached hydrogens (primary N) is 1. The van der Waals surface area contributed by atoms with Gasteiger partial charge in [-0.15, -0.1) is 0 Å². The van der Waals surface area contributed by atoms with Gasteiger partial charge < -0.3 is 10.6 Å². The van der Waals surface area contributed by atoms with Crippen molar-refractivity contribution in [3.63, 3.8) is 0 Å². The van der Waals surface area contributed by atoms with E-state index in [-0.39, 0.29) is 0 Å². The largest absolute Gasteiger partial charge is 0.399 e. The van der Waals surface area contributed by atoms with Gasteiger partial charge >= 0.3 is 0 Å². The molecule has 100 valence electrons. The second kappa shape index (κ2) is 5.35. The van der Waals surface area contributed by atoms with Crippen molar-refractivity contribution in [2.45, 2.75) is 26.7 Å². The Morgan fingerprint density at radius 2 is 1.74 bits per heavy atom. The van der Waals surface area contributed by atoms with Gasteiger partial charge in [0.05, 0.1) is 0 Å². The molecule has 0 spiro atoms. The zero-order valence-corrected chi connectivity index (χ0v) is 12.1. The summed E-state index contributed by atoms with van der Waals surface area (Å²) in [5, 5.41) is 0. The van der Waals surface area contributed by atoms with Crippen LogP contribution in [0.25, 0.3) is 0 Å². The molecule has 0 atom stereocenters. The lowest BCUT2D eigenvalue weighted by atomic mass is 9.97. The van der Waals surface area contributed by atoms with Gasteiger partial charge in [0, 0.05) is 24.1 Å². The molecule has 0 saturated carbocycles. The molecule has 19 heavy (non-hydrogen) atoms. The number of benzene rings is 2. The maximum absolute atomic E-state index is 5.88. The fourth-order valence-corrected chi connectivity index (χ4v) is 2.47. The first-order chi connectivity index (χ1) is 9.00. The van der Waals surface area contributed by atoms with E-state index in [0.29, 0.717) is 5.92 Å². The van der Waals surface area contributed by atoms with E-state index in [1.54, 1.807) is 0 Å². The quantitative estimate of drug-likeness (QED) is 0.819. The molecule has 0 saturated heterocycles. The van der Waals surface area contributed by atoms with Gasteiger partial charge in [-0.3, -0.25) is 0 Å². The predicted molar refractivity (Wildman–Crippen MR) is 84.2 cm³/mol. The zero-order valence-electron chi connectivity index (χ0n) is 12.1. The second-order valence-corrected chi connectivity index (χ2v) is 5.32. The van der Waals surface area contributed by atoms with Gasteiger partial charge in [0.15, 0.2) is 0 Å². The van der Waals surface area contributed by atoms with Crippen molar-refractivity contribution >= 4 is 17.1 Å². The monoisotopic (exact) mass is 254 g/mol. The number of anilines is 3. The molecule has 0 aromatic heterocycles. The molecule has 0 unspecified atom stereocenters. The standard InChI is InChI=1S/C17H22N2/c1-12(2)16-10-5-7-13(3)17(16)19(4)15-9-6-8-14(18)11-15/h5-12H,18H2,1-4H3. The maximum atomic E-state index is 5.88. The van der Waals surface area contributed by atoms with Crippen LogP contribution in [0.1, 0.15) is 30.9 Å². The van der Waals surface area contributed by atoms with E-state index in [4.69, 9.17) is 5.73 Å². The summed E-state index contributed by atoms with van der Waals surface area (Å²) in [4.78, 5) is 2.22. The zero-order chi connectivity index (χ0) is 14.0. The lowest BCUT2D eigenvalue weighted by Gasteiger charge is -2.26. The highest BCUT2D eigenvalue weighted by Crippen LogP contribution is 2.34. The fourth-order valence-electron chi connectivity index (χ4n) is 2.47. The van der Waals surface area contributed by atoms with Crippen LogP contribution in [0.15, 0.2) is 42.5 Å². The first kappa shape index (κ1) is 13.5. The van der Waals surface area contributed by atoms with Crippen LogP contribution >= 0.6 is 0 Å². The molecule has 0 aliphatic heterocycles. The van der Waals surface area contributed by atoms with E-state index in [1.807, 2.05) is 18.2 Å². The van der Waals surface area contributed by atoms with Gasteiger partial charge in [-0.1, -0.05) is 38.1 Å². The Balaban J connectivity index is 2.52. The van der Waals surface area contributed by atoms with E-state index in [9.17, 15) is 0 Å². The second-order valence-electron chi connectivity index (χ2n) is 5.32. The molecular weight excluding hydrogens is 232 g/mol. The lowest BCUT2D eigenvalue weighted by molar-refractivity contribution is 0.860. The fraction of sp³-hybridized carbons (Fsp3) is 0.294. The molecular formula is C17H22N2. The van der Waals surface area contributed by atoms with Crippen molar-refractivity contribution in [1.82, 2.24) is 0 Å². The van der Waals surface area contributed by atoms with Crippen LogP contribution < -0.4 is 10.6 Å². The summed E-state index contributed by atoms with van der Waals surface area (Å²) in [7, 11) is 2.10. The van der Waals surface area contributed by atoms with Crippen molar-refractivity contribution < 1.29 is 0 Å². The topological polar surface area (TPSA) is 29.3 Å². The van der Waals surface area contributed by atoms with E-state index in [0.717, 1.165) is 11.4 Å². The molecule has 0 radical (unpaired) electrons. The van der Waals surface area contributed by atoms with Crippen LogP contribution in [0.2, 0.25) is 0 Å². The lowest BCUT2D eigenvalue weighted by Crippen LogP contribution is -2.14. The Morgan fingerprint density at radius 1 is 1.05 bits per heavy atom. The number of hydrogen-bond acceptors (Lipinski definition) is 2. The van der Waals surface area contributed by atoms with Gasteiger partial charge in [0.1, 0.15) is 0 Å². The smallest absolute Gasteiger partial charge is 0.0472 e. The highest BCUT2D eigenvalue weighted by Gasteiger charge is 2.14. The third-order valence-electron chi connectivity index (χ3n) is 3.48. The molecule has 2 heteroatoms. The van der Waals surface area contributed by atoms with Crippen LogP contribution in [0.3, 0.4) is 0 Å². The molecule has 0 aliphatic carbocycles. The van der Waals surface area contributed by atoms with Gasteiger partial charge in [-0.05, 0) is 42.2 Å². The average Bonchev–Trinajstić information content (AvgIpc) is 2.37. The summed E-state index contributed by atoms with van der Waals surface area (Å²) in [5.41, 5.74) is 11.7. The molecule has 2 rings (SSSR count). The number of nitrogen functional groups attached to an aromatic ring is 1. The molecule has 0 amide bonds. The Hall–Kier alpha value is -1.96. The molecule has 2 nitrogen and oxygen atoms in total. The predicted octanol–water partition coefficient (Wildman–Crippen LogP) is 4.47. The van der Waals surface area contributed by atoms with Crippen molar-refractivity contribution in [2.75, 3.05) is 17.7 Å². The van der Waals surface area contributed by atoms with Crippen LogP contribution in [0.5, 0.6) is 0 Å². The highest BCUT2D eigenvalue weighted by atomic mass is 15.1. The van der Waals surface area contributed by atoms with E-state index < -0.39 is 0 Å². The number of aryl methyl sites for hydroxylation is 1. The maximum Gasteiger partial charge on any atom is 0.0472 e. The van der Waals surface area contributed by atoms with Gasteiger partial charge in [0.25, 0.3) is 0 Å². The summed E-state index contributed by atoms with van der Waals surface area (Å²) in [6.07, 6.45) is 0. The summed E-state index contributed by atoms with van der Waals surface area (Å²) >= 11 is 0. The molecule has 0 bridgehead atoms. The van der Waals surface area contributed by atoms with Crippen molar-refractivity contribution in [3.05, 3.63) is 53.6 Å². The molecule has 0 heterocycles. The van der Waals surface area contributed by atoms with E-state index >= 15 is 0 Å². The Labute approximate surface area is 115 Å². The summed E-state index contributed by atoms with van der Waals surface area (Å²) in [6, 6.07) is 14.5. The number of nitrogens with zero attached hydrogens (tertiary/aromatic N) is 1. The SMILES string of the molecule is Cc1cccc(C(C)C)c1N(C)c1cccc(N)c1. The van der Waals surface area contributed by atoms with Crippen LogP contribution in [0.4, 0.5) is 17.1 Å². The van der Waals surface area contributed by atoms with Crippen molar-refractivity contribution in [2.24, 2.45) is 0 Å². The van der Waals surface area contributed by atoms with E-state index in [2.05, 4.69) is 57.0 Å². The summed E-state index contributed by atoms with van der Waals surface area (Å²) < 4.78 is 0. The minimum absolute atomic E-state index is 0.499. The van der Waals surface area contributed by atoms with Crippen molar-refractivity contribution in [3.8, 4) is 0 Å². The molecule has 0 fully saturated rings. The number of hydrogen-bond donors (Lipinski definition) is 1. The van der Waals surface area contributed by atoms with E-state index in [1.165, 1.54) is 16.8 Å². The van der Waals surface area contributed by atoms with Crippen molar-refractivity contribution in [1.29, 1.82) is 0 Å². The Morgan fingerprint density at radius 3 is 2.37 bits per heavy atom. The molecule has 0 aliphatic rings. The average molecular weight is 254 g/mol.